The minimum absolute atomic E-state index is 0.378. The van der Waals surface area contributed by atoms with Crippen LogP contribution in [0.5, 0.6) is 5.75 Å². The zero-order valence-corrected chi connectivity index (χ0v) is 14.4. The van der Waals surface area contributed by atoms with E-state index in [-0.39, 0.29) is 0 Å². The first-order valence-corrected chi connectivity index (χ1v) is 8.57. The third kappa shape index (κ3) is 3.75. The van der Waals surface area contributed by atoms with Gasteiger partial charge >= 0.3 is 0 Å². The summed E-state index contributed by atoms with van der Waals surface area (Å²) in [6.07, 6.45) is 2.32. The third-order valence-corrected chi connectivity index (χ3v) is 5.04. The number of likely N-dealkylation sites (tertiary alicyclic amines) is 1. The zero-order chi connectivity index (χ0) is 16.4. The number of aryl methyl sites for hydroxylation is 2. The minimum atomic E-state index is 0.378. The molecule has 1 atom stereocenters. The molecule has 124 valence electrons. The summed E-state index contributed by atoms with van der Waals surface area (Å²) in [6, 6.07) is 10.4. The fraction of sp³-hybridized carbons (Fsp3) is 0.526. The van der Waals surface area contributed by atoms with Crippen molar-refractivity contribution in [1.29, 1.82) is 0 Å². The van der Waals surface area contributed by atoms with Gasteiger partial charge < -0.3 is 5.11 Å². The second-order valence-corrected chi connectivity index (χ2v) is 6.86. The maximum atomic E-state index is 9.66. The molecule has 4 heteroatoms. The van der Waals surface area contributed by atoms with E-state index in [1.807, 2.05) is 12.1 Å². The molecule has 1 saturated heterocycles. The summed E-state index contributed by atoms with van der Waals surface area (Å²) in [4.78, 5) is 2.57. The molecular weight excluding hydrogens is 286 g/mol. The van der Waals surface area contributed by atoms with Gasteiger partial charge in [-0.05, 0) is 76.4 Å². The molecule has 0 radical (unpaired) electrons. The van der Waals surface area contributed by atoms with Crippen molar-refractivity contribution in [1.82, 2.24) is 14.7 Å². The Balaban J connectivity index is 1.57. The van der Waals surface area contributed by atoms with Crippen molar-refractivity contribution in [3.05, 3.63) is 47.3 Å². The maximum absolute atomic E-state index is 9.66. The summed E-state index contributed by atoms with van der Waals surface area (Å²) < 4.78 is 2.13. The molecule has 0 aliphatic carbocycles. The molecule has 0 amide bonds. The van der Waals surface area contributed by atoms with Gasteiger partial charge in [-0.3, -0.25) is 9.58 Å². The first-order valence-electron chi connectivity index (χ1n) is 8.57. The number of rotatable bonds is 4. The van der Waals surface area contributed by atoms with E-state index in [9.17, 15) is 5.11 Å². The number of nitrogens with zero attached hydrogens (tertiary/aromatic N) is 3. The molecule has 1 N–H and O–H groups in total. The van der Waals surface area contributed by atoms with Crippen LogP contribution in [-0.4, -0.2) is 38.9 Å². The van der Waals surface area contributed by atoms with Crippen LogP contribution in [0.4, 0.5) is 0 Å². The van der Waals surface area contributed by atoms with Crippen LogP contribution in [0.3, 0.4) is 0 Å². The van der Waals surface area contributed by atoms with Gasteiger partial charge in [-0.25, -0.2) is 0 Å². The molecule has 4 nitrogen and oxygen atoms in total. The summed E-state index contributed by atoms with van der Waals surface area (Å²) >= 11 is 0. The molecular formula is C19H27N3O. The molecule has 3 rings (SSSR count). The predicted octanol–water partition coefficient (Wildman–Crippen LogP) is 3.47. The Hall–Kier alpha value is -1.81. The van der Waals surface area contributed by atoms with Crippen LogP contribution in [0.15, 0.2) is 30.3 Å². The number of benzene rings is 1. The van der Waals surface area contributed by atoms with Crippen molar-refractivity contribution in [2.24, 2.45) is 0 Å². The molecule has 1 unspecified atom stereocenters. The van der Waals surface area contributed by atoms with E-state index >= 15 is 0 Å². The summed E-state index contributed by atoms with van der Waals surface area (Å²) in [7, 11) is 0. The van der Waals surface area contributed by atoms with E-state index in [2.05, 4.69) is 47.6 Å². The number of hydrogen-bond donors (Lipinski definition) is 1. The van der Waals surface area contributed by atoms with Gasteiger partial charge in [0.05, 0.1) is 12.2 Å². The average molecular weight is 313 g/mol. The van der Waals surface area contributed by atoms with E-state index in [1.165, 1.54) is 11.3 Å². The quantitative estimate of drug-likeness (QED) is 0.939. The van der Waals surface area contributed by atoms with Crippen LogP contribution in [0.2, 0.25) is 0 Å². The highest BCUT2D eigenvalue weighted by atomic mass is 16.3. The van der Waals surface area contributed by atoms with E-state index in [4.69, 9.17) is 0 Å². The first-order chi connectivity index (χ1) is 11.0. The second kappa shape index (κ2) is 6.75. The molecule has 1 aliphatic heterocycles. The number of aromatic hydroxyl groups is 1. The van der Waals surface area contributed by atoms with Gasteiger partial charge in [0.2, 0.25) is 0 Å². The lowest BCUT2D eigenvalue weighted by atomic mass is 9.89. The van der Waals surface area contributed by atoms with Crippen molar-refractivity contribution in [3.8, 4) is 5.75 Å². The largest absolute Gasteiger partial charge is 0.508 e. The number of hydrogen-bond acceptors (Lipinski definition) is 3. The molecule has 0 spiro atoms. The van der Waals surface area contributed by atoms with Gasteiger partial charge in [0.25, 0.3) is 0 Å². The summed E-state index contributed by atoms with van der Waals surface area (Å²) in [6.45, 7) is 9.65. The Bertz CT molecular complexity index is 656. The molecule has 2 heterocycles. The fourth-order valence-electron chi connectivity index (χ4n) is 3.68. The van der Waals surface area contributed by atoms with Crippen molar-refractivity contribution in [2.75, 3.05) is 13.1 Å². The van der Waals surface area contributed by atoms with Crippen LogP contribution in [0, 0.1) is 13.8 Å². The fourth-order valence-corrected chi connectivity index (χ4v) is 3.68. The average Bonchev–Trinajstić information content (AvgIpc) is 2.85. The Labute approximate surface area is 138 Å². The van der Waals surface area contributed by atoms with E-state index in [0.717, 1.165) is 38.2 Å². The monoisotopic (exact) mass is 313 g/mol. The standard InChI is InChI=1S/C19H27N3O/c1-14-11-15(2)22(20-14)13-16(3)21-9-7-17(8-10-21)18-5-4-6-19(23)12-18/h4-6,11-12,16-17,23H,7-10,13H2,1-3H3. The lowest BCUT2D eigenvalue weighted by molar-refractivity contribution is 0.145. The lowest BCUT2D eigenvalue weighted by Gasteiger charge is -2.36. The number of aromatic nitrogens is 2. The van der Waals surface area contributed by atoms with Crippen molar-refractivity contribution >= 4 is 0 Å². The molecule has 1 fully saturated rings. The minimum Gasteiger partial charge on any atom is -0.508 e. The van der Waals surface area contributed by atoms with E-state index in [1.54, 1.807) is 6.07 Å². The zero-order valence-electron chi connectivity index (χ0n) is 14.4. The Morgan fingerprint density at radius 3 is 2.57 bits per heavy atom. The molecule has 2 aromatic rings. The highest BCUT2D eigenvalue weighted by Crippen LogP contribution is 2.30. The molecule has 0 bridgehead atoms. The van der Waals surface area contributed by atoms with Crippen LogP contribution >= 0.6 is 0 Å². The van der Waals surface area contributed by atoms with Crippen molar-refractivity contribution in [2.45, 2.75) is 52.1 Å². The van der Waals surface area contributed by atoms with Crippen LogP contribution in [0.1, 0.15) is 42.6 Å². The Morgan fingerprint density at radius 1 is 1.22 bits per heavy atom. The van der Waals surface area contributed by atoms with E-state index in [0.29, 0.717) is 17.7 Å². The van der Waals surface area contributed by atoms with Crippen LogP contribution in [0.25, 0.3) is 0 Å². The highest BCUT2D eigenvalue weighted by molar-refractivity contribution is 5.30. The Kier molecular flexibility index (Phi) is 4.71. The van der Waals surface area contributed by atoms with Gasteiger partial charge in [-0.1, -0.05) is 12.1 Å². The summed E-state index contributed by atoms with van der Waals surface area (Å²) in [5, 5.41) is 14.2. The smallest absolute Gasteiger partial charge is 0.115 e. The first kappa shape index (κ1) is 16.1. The summed E-state index contributed by atoms with van der Waals surface area (Å²) in [5.74, 6) is 0.946. The van der Waals surface area contributed by atoms with Crippen LogP contribution in [-0.2, 0) is 6.54 Å². The molecule has 1 aromatic carbocycles. The molecule has 23 heavy (non-hydrogen) atoms. The van der Waals surface area contributed by atoms with Crippen LogP contribution < -0.4 is 0 Å². The maximum Gasteiger partial charge on any atom is 0.115 e. The van der Waals surface area contributed by atoms with Crippen molar-refractivity contribution in [3.63, 3.8) is 0 Å². The lowest BCUT2D eigenvalue weighted by Crippen LogP contribution is -2.41. The second-order valence-electron chi connectivity index (χ2n) is 6.86. The predicted molar refractivity (Wildman–Crippen MR) is 92.8 cm³/mol. The van der Waals surface area contributed by atoms with Gasteiger partial charge in [0.1, 0.15) is 5.75 Å². The van der Waals surface area contributed by atoms with Crippen molar-refractivity contribution < 1.29 is 5.11 Å². The topological polar surface area (TPSA) is 41.3 Å². The van der Waals surface area contributed by atoms with Gasteiger partial charge in [0.15, 0.2) is 0 Å². The number of piperidine rings is 1. The molecule has 1 aliphatic rings. The summed E-state index contributed by atoms with van der Waals surface area (Å²) in [5.41, 5.74) is 3.61. The van der Waals surface area contributed by atoms with Gasteiger partial charge in [-0.15, -0.1) is 0 Å². The van der Waals surface area contributed by atoms with Gasteiger partial charge in [0, 0.05) is 11.7 Å². The molecule has 0 saturated carbocycles. The van der Waals surface area contributed by atoms with Gasteiger partial charge in [-0.2, -0.15) is 5.10 Å². The third-order valence-electron chi connectivity index (χ3n) is 5.04. The number of phenolic OH excluding ortho intramolecular Hbond substituents is 1. The van der Waals surface area contributed by atoms with E-state index < -0.39 is 0 Å². The Morgan fingerprint density at radius 2 is 1.96 bits per heavy atom. The number of phenols is 1. The highest BCUT2D eigenvalue weighted by Gasteiger charge is 2.24. The normalized spacial score (nSPS) is 18.2. The SMILES string of the molecule is Cc1cc(C)n(CC(C)N2CCC(c3cccc(O)c3)CC2)n1. The molecule has 1 aromatic heterocycles.